The second-order valence-corrected chi connectivity index (χ2v) is 7.21. The first-order valence-electron chi connectivity index (χ1n) is 6.10. The number of carbonyl (C=O) groups excluding carboxylic acids is 1. The number of carbonyl (C=O) groups is 1. The molecule has 8 heteroatoms. The van der Waals surface area contributed by atoms with Crippen LogP contribution in [0.3, 0.4) is 0 Å². The molecule has 0 bridgehead atoms. The lowest BCUT2D eigenvalue weighted by atomic mass is 10.4. The van der Waals surface area contributed by atoms with Gasteiger partial charge in [-0.15, -0.1) is 21.5 Å². The average molecular weight is 329 g/mol. The van der Waals surface area contributed by atoms with Crippen LogP contribution in [-0.2, 0) is 10.5 Å². The van der Waals surface area contributed by atoms with E-state index in [2.05, 4.69) is 27.2 Å². The van der Waals surface area contributed by atoms with Crippen molar-refractivity contribution in [2.24, 2.45) is 0 Å². The molecule has 0 saturated heterocycles. The maximum absolute atomic E-state index is 11.4. The van der Waals surface area contributed by atoms with Crippen LogP contribution >= 0.6 is 34.4 Å². The molecule has 2 heterocycles. The molecule has 0 saturated carbocycles. The van der Waals surface area contributed by atoms with Crippen LogP contribution in [0.25, 0.3) is 0 Å². The highest BCUT2D eigenvalue weighted by molar-refractivity contribution is 8.00. The average Bonchev–Trinajstić information content (AvgIpc) is 3.11. The van der Waals surface area contributed by atoms with E-state index in [1.807, 2.05) is 6.07 Å². The standard InChI is InChI=1S/C12H15N3O2S3/c1-3-6-13-11-14-15-12(20-11)18-7-8-4-5-9(19-8)10(16)17-2/h4-5H,3,6-7H2,1-2H3,(H,13,14). The molecule has 5 nitrogen and oxygen atoms in total. The minimum atomic E-state index is -0.284. The number of methoxy groups -OCH3 is 1. The number of esters is 1. The first-order chi connectivity index (χ1) is 9.72. The molecule has 2 aromatic heterocycles. The van der Waals surface area contributed by atoms with Gasteiger partial charge in [0.1, 0.15) is 4.88 Å². The van der Waals surface area contributed by atoms with Crippen LogP contribution in [0.2, 0.25) is 0 Å². The molecule has 0 radical (unpaired) electrons. The first-order valence-corrected chi connectivity index (χ1v) is 8.72. The fourth-order valence-electron chi connectivity index (χ4n) is 1.37. The van der Waals surface area contributed by atoms with Gasteiger partial charge in [0.25, 0.3) is 0 Å². The summed E-state index contributed by atoms with van der Waals surface area (Å²) in [4.78, 5) is 13.1. The van der Waals surface area contributed by atoms with Gasteiger partial charge in [0.2, 0.25) is 5.13 Å². The molecular formula is C12H15N3O2S3. The van der Waals surface area contributed by atoms with Crippen molar-refractivity contribution in [2.45, 2.75) is 23.4 Å². The van der Waals surface area contributed by atoms with Gasteiger partial charge < -0.3 is 10.1 Å². The Morgan fingerprint density at radius 3 is 3.00 bits per heavy atom. The zero-order chi connectivity index (χ0) is 14.4. The molecule has 0 amide bonds. The molecule has 0 unspecified atom stereocenters. The molecule has 0 aliphatic rings. The van der Waals surface area contributed by atoms with Crippen LogP contribution in [0.15, 0.2) is 16.5 Å². The van der Waals surface area contributed by atoms with Gasteiger partial charge in [-0.3, -0.25) is 0 Å². The van der Waals surface area contributed by atoms with E-state index in [1.165, 1.54) is 18.4 Å². The summed E-state index contributed by atoms with van der Waals surface area (Å²) in [6.07, 6.45) is 1.06. The Labute approximate surface area is 129 Å². The van der Waals surface area contributed by atoms with Crippen LogP contribution in [0.1, 0.15) is 27.9 Å². The van der Waals surface area contributed by atoms with Crippen LogP contribution in [-0.4, -0.2) is 29.8 Å². The number of rotatable bonds is 7. The van der Waals surface area contributed by atoms with Crippen LogP contribution < -0.4 is 5.32 Å². The molecule has 2 aromatic rings. The first kappa shape index (κ1) is 15.3. The maximum atomic E-state index is 11.4. The van der Waals surface area contributed by atoms with Crippen LogP contribution in [0.5, 0.6) is 0 Å². The molecule has 0 aromatic carbocycles. The molecule has 0 atom stereocenters. The number of hydrogen-bond donors (Lipinski definition) is 1. The number of hydrogen-bond acceptors (Lipinski definition) is 8. The summed E-state index contributed by atoms with van der Waals surface area (Å²) in [6, 6.07) is 3.74. The lowest BCUT2D eigenvalue weighted by Gasteiger charge is -1.95. The summed E-state index contributed by atoms with van der Waals surface area (Å²) in [7, 11) is 1.39. The van der Waals surface area contributed by atoms with E-state index < -0.39 is 0 Å². The van der Waals surface area contributed by atoms with Gasteiger partial charge in [0.05, 0.1) is 7.11 Å². The van der Waals surface area contributed by atoms with Gasteiger partial charge in [-0.05, 0) is 18.6 Å². The van der Waals surface area contributed by atoms with Gasteiger partial charge in [-0.25, -0.2) is 4.79 Å². The zero-order valence-electron chi connectivity index (χ0n) is 11.2. The van der Waals surface area contributed by atoms with Crippen molar-refractivity contribution in [3.63, 3.8) is 0 Å². The molecule has 20 heavy (non-hydrogen) atoms. The number of nitrogens with one attached hydrogen (secondary N) is 1. The maximum Gasteiger partial charge on any atom is 0.348 e. The van der Waals surface area contributed by atoms with Gasteiger partial charge in [-0.2, -0.15) is 0 Å². The second kappa shape index (κ2) is 7.61. The Kier molecular flexibility index (Phi) is 5.81. The zero-order valence-corrected chi connectivity index (χ0v) is 13.7. The van der Waals surface area contributed by atoms with E-state index in [4.69, 9.17) is 0 Å². The van der Waals surface area contributed by atoms with Gasteiger partial charge in [0.15, 0.2) is 4.34 Å². The highest BCUT2D eigenvalue weighted by Crippen LogP contribution is 2.30. The number of ether oxygens (including phenoxy) is 1. The fraction of sp³-hybridized carbons (Fsp3) is 0.417. The minimum Gasteiger partial charge on any atom is -0.465 e. The van der Waals surface area contributed by atoms with Crippen molar-refractivity contribution >= 4 is 45.5 Å². The van der Waals surface area contributed by atoms with Crippen molar-refractivity contribution in [3.05, 3.63) is 21.9 Å². The Balaban J connectivity index is 1.87. The van der Waals surface area contributed by atoms with Crippen molar-refractivity contribution in [2.75, 3.05) is 19.0 Å². The lowest BCUT2D eigenvalue weighted by molar-refractivity contribution is 0.0606. The van der Waals surface area contributed by atoms with Crippen molar-refractivity contribution in [1.29, 1.82) is 0 Å². The number of nitrogens with zero attached hydrogens (tertiary/aromatic N) is 2. The predicted molar refractivity (Wildman–Crippen MR) is 83.9 cm³/mol. The van der Waals surface area contributed by atoms with E-state index in [9.17, 15) is 4.79 Å². The lowest BCUT2D eigenvalue weighted by Crippen LogP contribution is -1.98. The highest BCUT2D eigenvalue weighted by atomic mass is 32.2. The van der Waals surface area contributed by atoms with E-state index in [0.29, 0.717) is 4.88 Å². The largest absolute Gasteiger partial charge is 0.465 e. The third-order valence-electron chi connectivity index (χ3n) is 2.32. The molecule has 108 valence electrons. The van der Waals surface area contributed by atoms with Crippen molar-refractivity contribution in [1.82, 2.24) is 10.2 Å². The van der Waals surface area contributed by atoms with E-state index in [-0.39, 0.29) is 5.97 Å². The second-order valence-electron chi connectivity index (χ2n) is 3.85. The molecular weight excluding hydrogens is 314 g/mol. The van der Waals surface area contributed by atoms with E-state index in [0.717, 1.165) is 33.1 Å². The SMILES string of the molecule is CCCNc1nnc(SCc2ccc(C(=O)OC)s2)s1. The van der Waals surface area contributed by atoms with Gasteiger partial charge in [0, 0.05) is 17.2 Å². The third kappa shape index (κ3) is 4.19. The summed E-state index contributed by atoms with van der Waals surface area (Å²) >= 11 is 4.63. The van der Waals surface area contributed by atoms with Crippen LogP contribution in [0, 0.1) is 0 Å². The van der Waals surface area contributed by atoms with E-state index >= 15 is 0 Å². The molecule has 0 fully saturated rings. The van der Waals surface area contributed by atoms with Crippen molar-refractivity contribution in [3.8, 4) is 0 Å². The summed E-state index contributed by atoms with van der Waals surface area (Å²) in [5, 5.41) is 12.3. The number of thiophene rings is 1. The quantitative estimate of drug-likeness (QED) is 0.619. The number of thioether (sulfide) groups is 1. The molecule has 0 spiro atoms. The predicted octanol–water partition coefficient (Wildman–Crippen LogP) is 3.50. The summed E-state index contributed by atoms with van der Waals surface area (Å²) in [6.45, 7) is 3.02. The van der Waals surface area contributed by atoms with Gasteiger partial charge in [-0.1, -0.05) is 30.0 Å². The third-order valence-corrected chi connectivity index (χ3v) is 5.63. The van der Waals surface area contributed by atoms with Crippen LogP contribution in [0.4, 0.5) is 5.13 Å². The summed E-state index contributed by atoms with van der Waals surface area (Å²) < 4.78 is 5.62. The monoisotopic (exact) mass is 329 g/mol. The molecule has 1 N–H and O–H groups in total. The normalized spacial score (nSPS) is 10.5. The fourth-order valence-corrected chi connectivity index (χ4v) is 4.12. The highest BCUT2D eigenvalue weighted by Gasteiger charge is 2.10. The Morgan fingerprint density at radius 2 is 2.25 bits per heavy atom. The Morgan fingerprint density at radius 1 is 1.40 bits per heavy atom. The molecule has 2 rings (SSSR count). The smallest absolute Gasteiger partial charge is 0.348 e. The van der Waals surface area contributed by atoms with Gasteiger partial charge >= 0.3 is 5.97 Å². The minimum absolute atomic E-state index is 0.284. The molecule has 0 aliphatic heterocycles. The Bertz CT molecular complexity index is 568. The van der Waals surface area contributed by atoms with E-state index in [1.54, 1.807) is 29.2 Å². The topological polar surface area (TPSA) is 64.1 Å². The summed E-state index contributed by atoms with van der Waals surface area (Å²) in [5.41, 5.74) is 0. The summed E-state index contributed by atoms with van der Waals surface area (Å²) in [5.74, 6) is 0.498. The van der Waals surface area contributed by atoms with Crippen molar-refractivity contribution < 1.29 is 9.53 Å². The number of anilines is 1. The molecule has 0 aliphatic carbocycles. The number of aromatic nitrogens is 2. The Hall–Kier alpha value is -1.12.